The molecule has 4 nitrogen and oxygen atoms in total. The number of rotatable bonds is 6. The third-order valence-corrected chi connectivity index (χ3v) is 3.90. The van der Waals surface area contributed by atoms with Crippen LogP contribution in [0.2, 0.25) is 0 Å². The van der Waals surface area contributed by atoms with Gasteiger partial charge in [0.1, 0.15) is 11.5 Å². The molecular weight excluding hydrogens is 346 g/mol. The number of carbonyl (C=O) groups excluding carboxylic acids is 1. The molecule has 0 saturated heterocycles. The Labute approximate surface area is 138 Å². The molecule has 0 bridgehead atoms. The predicted octanol–water partition coefficient (Wildman–Crippen LogP) is 3.71. The molecule has 0 fully saturated rings. The minimum absolute atomic E-state index is 0.0267. The van der Waals surface area contributed by atoms with Gasteiger partial charge in [-0.25, -0.2) is 0 Å². The summed E-state index contributed by atoms with van der Waals surface area (Å²) in [4.78, 5) is 12.0. The van der Waals surface area contributed by atoms with E-state index in [1.54, 1.807) is 31.4 Å². The van der Waals surface area contributed by atoms with Crippen LogP contribution in [-0.4, -0.2) is 19.6 Å². The molecule has 1 amide bonds. The first-order chi connectivity index (χ1) is 10.6. The van der Waals surface area contributed by atoms with Crippen LogP contribution >= 0.6 is 15.9 Å². The maximum absolute atomic E-state index is 12.0. The van der Waals surface area contributed by atoms with Crippen molar-refractivity contribution in [2.24, 2.45) is 0 Å². The van der Waals surface area contributed by atoms with Gasteiger partial charge in [-0.3, -0.25) is 4.79 Å². The second-order valence-corrected chi connectivity index (χ2v) is 5.63. The van der Waals surface area contributed by atoms with Crippen molar-refractivity contribution in [3.63, 3.8) is 0 Å². The van der Waals surface area contributed by atoms with Gasteiger partial charge in [0, 0.05) is 4.47 Å². The zero-order valence-electron chi connectivity index (χ0n) is 12.5. The largest absolute Gasteiger partial charge is 0.497 e. The van der Waals surface area contributed by atoms with Gasteiger partial charge in [-0.1, -0.05) is 34.1 Å². The molecule has 5 heteroatoms. The maximum Gasteiger partial charge on any atom is 0.258 e. The summed E-state index contributed by atoms with van der Waals surface area (Å²) in [6.07, 6.45) is 0. The van der Waals surface area contributed by atoms with E-state index in [4.69, 9.17) is 9.47 Å². The Morgan fingerprint density at radius 2 is 1.77 bits per heavy atom. The monoisotopic (exact) mass is 363 g/mol. The Hall–Kier alpha value is -2.01. The molecule has 0 radical (unpaired) electrons. The Bertz CT molecular complexity index is 628. The van der Waals surface area contributed by atoms with Gasteiger partial charge >= 0.3 is 0 Å². The van der Waals surface area contributed by atoms with Gasteiger partial charge in [0.25, 0.3) is 5.91 Å². The number of benzene rings is 2. The summed E-state index contributed by atoms with van der Waals surface area (Å²) in [5.41, 5.74) is 1.03. The fraction of sp³-hybridized carbons (Fsp3) is 0.235. The van der Waals surface area contributed by atoms with Crippen LogP contribution in [0.25, 0.3) is 0 Å². The van der Waals surface area contributed by atoms with Crippen LogP contribution in [-0.2, 0) is 4.79 Å². The van der Waals surface area contributed by atoms with Gasteiger partial charge < -0.3 is 14.8 Å². The number of nitrogens with one attached hydrogen (secondary N) is 1. The van der Waals surface area contributed by atoms with E-state index in [1.165, 1.54) is 0 Å². The minimum atomic E-state index is -0.168. The number of methoxy groups -OCH3 is 1. The summed E-state index contributed by atoms with van der Waals surface area (Å²) in [5.74, 6) is 1.21. The molecule has 1 N–H and O–H groups in total. The zero-order chi connectivity index (χ0) is 15.9. The molecule has 0 heterocycles. The maximum atomic E-state index is 12.0. The lowest BCUT2D eigenvalue weighted by molar-refractivity contribution is -0.123. The van der Waals surface area contributed by atoms with E-state index in [0.29, 0.717) is 5.75 Å². The number of amides is 1. The summed E-state index contributed by atoms with van der Waals surface area (Å²) in [5, 5.41) is 2.91. The zero-order valence-corrected chi connectivity index (χ0v) is 14.1. The van der Waals surface area contributed by atoms with Crippen molar-refractivity contribution >= 4 is 21.8 Å². The Balaban J connectivity index is 1.86. The average molecular weight is 364 g/mol. The van der Waals surface area contributed by atoms with E-state index in [9.17, 15) is 4.79 Å². The van der Waals surface area contributed by atoms with Gasteiger partial charge in [0.05, 0.1) is 13.2 Å². The van der Waals surface area contributed by atoms with Crippen LogP contribution in [0.5, 0.6) is 11.5 Å². The molecule has 0 aliphatic heterocycles. The summed E-state index contributed by atoms with van der Waals surface area (Å²) in [6, 6.07) is 14.8. The van der Waals surface area contributed by atoms with Crippen LogP contribution in [0.4, 0.5) is 0 Å². The van der Waals surface area contributed by atoms with Crippen LogP contribution in [0, 0.1) is 0 Å². The van der Waals surface area contributed by atoms with E-state index >= 15 is 0 Å². The SMILES string of the molecule is COc1ccc(OCC(=O)N[C@H](C)c2ccccc2Br)cc1. The number of ether oxygens (including phenoxy) is 2. The highest BCUT2D eigenvalue weighted by Crippen LogP contribution is 2.22. The second-order valence-electron chi connectivity index (χ2n) is 4.77. The lowest BCUT2D eigenvalue weighted by Gasteiger charge is -2.16. The highest BCUT2D eigenvalue weighted by atomic mass is 79.9. The van der Waals surface area contributed by atoms with Crippen molar-refractivity contribution in [2.45, 2.75) is 13.0 Å². The smallest absolute Gasteiger partial charge is 0.258 e. The summed E-state index contributed by atoms with van der Waals surface area (Å²) >= 11 is 3.48. The molecule has 22 heavy (non-hydrogen) atoms. The molecule has 1 atom stereocenters. The molecule has 0 aliphatic carbocycles. The summed E-state index contributed by atoms with van der Waals surface area (Å²) in [6.45, 7) is 1.91. The molecule has 0 spiro atoms. The summed E-state index contributed by atoms with van der Waals surface area (Å²) in [7, 11) is 1.60. The lowest BCUT2D eigenvalue weighted by atomic mass is 10.1. The molecule has 2 aromatic rings. The Morgan fingerprint density at radius 1 is 1.14 bits per heavy atom. The van der Waals surface area contributed by atoms with E-state index in [2.05, 4.69) is 21.2 Å². The molecule has 2 rings (SSSR count). The minimum Gasteiger partial charge on any atom is -0.497 e. The van der Waals surface area contributed by atoms with Crippen LogP contribution in [0.3, 0.4) is 0 Å². The number of hydrogen-bond donors (Lipinski definition) is 1. The average Bonchev–Trinajstić information content (AvgIpc) is 2.53. The third kappa shape index (κ3) is 4.49. The van der Waals surface area contributed by atoms with Crippen molar-refractivity contribution in [1.29, 1.82) is 0 Å². The molecule has 0 unspecified atom stereocenters. The highest BCUT2D eigenvalue weighted by Gasteiger charge is 2.12. The number of carbonyl (C=O) groups is 1. The number of halogens is 1. The Morgan fingerprint density at radius 3 is 2.41 bits per heavy atom. The van der Waals surface area contributed by atoms with Gasteiger partial charge in [0.2, 0.25) is 0 Å². The Kier molecular flexibility index (Phi) is 5.83. The van der Waals surface area contributed by atoms with Gasteiger partial charge in [-0.05, 0) is 42.8 Å². The molecule has 2 aromatic carbocycles. The first kappa shape index (κ1) is 16.4. The van der Waals surface area contributed by atoms with E-state index in [0.717, 1.165) is 15.8 Å². The summed E-state index contributed by atoms with van der Waals surface area (Å²) < 4.78 is 11.5. The third-order valence-electron chi connectivity index (χ3n) is 3.18. The highest BCUT2D eigenvalue weighted by molar-refractivity contribution is 9.10. The topological polar surface area (TPSA) is 47.6 Å². The van der Waals surface area contributed by atoms with E-state index < -0.39 is 0 Å². The molecule has 0 aromatic heterocycles. The molecular formula is C17H18BrNO3. The fourth-order valence-electron chi connectivity index (χ4n) is 2.01. The quantitative estimate of drug-likeness (QED) is 0.850. The van der Waals surface area contributed by atoms with Crippen molar-refractivity contribution in [3.8, 4) is 11.5 Å². The van der Waals surface area contributed by atoms with Crippen molar-refractivity contribution < 1.29 is 14.3 Å². The van der Waals surface area contributed by atoms with Gasteiger partial charge in [0.15, 0.2) is 6.61 Å². The van der Waals surface area contributed by atoms with Crippen LogP contribution in [0.1, 0.15) is 18.5 Å². The van der Waals surface area contributed by atoms with Crippen molar-refractivity contribution in [2.75, 3.05) is 13.7 Å². The van der Waals surface area contributed by atoms with Gasteiger partial charge in [-0.15, -0.1) is 0 Å². The van der Waals surface area contributed by atoms with E-state index in [1.807, 2.05) is 31.2 Å². The molecule has 0 aliphatic rings. The lowest BCUT2D eigenvalue weighted by Crippen LogP contribution is -2.31. The van der Waals surface area contributed by atoms with E-state index in [-0.39, 0.29) is 18.6 Å². The molecule has 0 saturated carbocycles. The van der Waals surface area contributed by atoms with Crippen molar-refractivity contribution in [1.82, 2.24) is 5.32 Å². The van der Waals surface area contributed by atoms with Crippen LogP contribution < -0.4 is 14.8 Å². The fourth-order valence-corrected chi connectivity index (χ4v) is 2.64. The first-order valence-electron chi connectivity index (χ1n) is 6.91. The normalized spacial score (nSPS) is 11.6. The van der Waals surface area contributed by atoms with Crippen molar-refractivity contribution in [3.05, 3.63) is 58.6 Å². The van der Waals surface area contributed by atoms with Gasteiger partial charge in [-0.2, -0.15) is 0 Å². The predicted molar refractivity (Wildman–Crippen MR) is 89.2 cm³/mol. The first-order valence-corrected chi connectivity index (χ1v) is 7.70. The standard InChI is InChI=1S/C17H18BrNO3/c1-12(15-5-3-4-6-16(15)18)19-17(20)11-22-14-9-7-13(21-2)8-10-14/h3-10,12H,11H2,1-2H3,(H,19,20)/t12-/m1/s1. The second kappa shape index (κ2) is 7.84. The number of hydrogen-bond acceptors (Lipinski definition) is 3. The van der Waals surface area contributed by atoms with Crippen LogP contribution in [0.15, 0.2) is 53.0 Å². The molecule has 116 valence electrons.